The molecule has 0 spiro atoms. The van der Waals surface area contributed by atoms with Crippen molar-refractivity contribution >= 4 is 29.5 Å². The minimum atomic E-state index is -3.07. The van der Waals surface area contributed by atoms with Crippen molar-refractivity contribution in [2.24, 2.45) is 0 Å². The number of furan rings is 1. The van der Waals surface area contributed by atoms with E-state index in [-0.39, 0.29) is 17.2 Å². The Morgan fingerprint density at radius 1 is 1.25 bits per heavy atom. The SMILES string of the molecule is C[C@H](OC(=O)/C=C/c1ccc([N+](=O)[O-])o1)C(=O)Nc1ccccc1OC(F)F. The van der Waals surface area contributed by atoms with E-state index in [1.54, 1.807) is 0 Å². The molecule has 0 radical (unpaired) electrons. The molecule has 0 saturated carbocycles. The van der Waals surface area contributed by atoms with Gasteiger partial charge in [-0.05, 0) is 31.2 Å². The molecule has 1 amide bonds. The summed E-state index contributed by atoms with van der Waals surface area (Å²) in [5, 5.41) is 12.8. The van der Waals surface area contributed by atoms with Crippen LogP contribution in [0.3, 0.4) is 0 Å². The zero-order valence-electron chi connectivity index (χ0n) is 14.3. The number of hydrogen-bond acceptors (Lipinski definition) is 7. The van der Waals surface area contributed by atoms with Gasteiger partial charge in [0.05, 0.1) is 11.8 Å². The van der Waals surface area contributed by atoms with Crippen LogP contribution in [0.2, 0.25) is 0 Å². The molecule has 0 aliphatic rings. The second kappa shape index (κ2) is 9.26. The molecule has 148 valence electrons. The number of ether oxygens (including phenoxy) is 2. The molecule has 0 fully saturated rings. The quantitative estimate of drug-likeness (QED) is 0.314. The Balaban J connectivity index is 1.93. The molecule has 11 heteroatoms. The molecule has 0 saturated heterocycles. The van der Waals surface area contributed by atoms with Gasteiger partial charge in [0.2, 0.25) is 0 Å². The average molecular weight is 396 g/mol. The number of hydrogen-bond donors (Lipinski definition) is 1. The van der Waals surface area contributed by atoms with Crippen LogP contribution in [0, 0.1) is 10.1 Å². The third-order valence-corrected chi connectivity index (χ3v) is 3.20. The number of rotatable bonds is 8. The molecule has 0 aliphatic carbocycles. The van der Waals surface area contributed by atoms with E-state index >= 15 is 0 Å². The van der Waals surface area contributed by atoms with Gasteiger partial charge in [0, 0.05) is 6.08 Å². The summed E-state index contributed by atoms with van der Waals surface area (Å²) in [5.41, 5.74) is -0.0193. The molecule has 1 aromatic heterocycles. The minimum Gasteiger partial charge on any atom is -0.449 e. The van der Waals surface area contributed by atoms with Crippen molar-refractivity contribution in [1.82, 2.24) is 0 Å². The Hall–Kier alpha value is -3.76. The number of halogens is 2. The first kappa shape index (κ1) is 20.6. The summed E-state index contributed by atoms with van der Waals surface area (Å²) in [4.78, 5) is 33.6. The van der Waals surface area contributed by atoms with Crippen LogP contribution in [-0.2, 0) is 14.3 Å². The van der Waals surface area contributed by atoms with Gasteiger partial charge < -0.3 is 19.2 Å². The first-order chi connectivity index (χ1) is 13.3. The summed E-state index contributed by atoms with van der Waals surface area (Å²) < 4.78 is 38.8. The minimum absolute atomic E-state index is 0.0193. The van der Waals surface area contributed by atoms with Crippen molar-refractivity contribution in [2.45, 2.75) is 19.6 Å². The first-order valence-corrected chi connectivity index (χ1v) is 7.74. The highest BCUT2D eigenvalue weighted by atomic mass is 19.3. The molecule has 0 aliphatic heterocycles. The smallest absolute Gasteiger partial charge is 0.433 e. The molecule has 1 aromatic carbocycles. The van der Waals surface area contributed by atoms with Crippen LogP contribution in [0.1, 0.15) is 12.7 Å². The van der Waals surface area contributed by atoms with Gasteiger partial charge in [-0.2, -0.15) is 8.78 Å². The fourth-order valence-electron chi connectivity index (χ4n) is 1.95. The summed E-state index contributed by atoms with van der Waals surface area (Å²) in [6.07, 6.45) is 0.786. The number of benzene rings is 1. The maximum absolute atomic E-state index is 12.4. The predicted molar refractivity (Wildman–Crippen MR) is 91.7 cm³/mol. The number of nitrogens with one attached hydrogen (secondary N) is 1. The van der Waals surface area contributed by atoms with Gasteiger partial charge in [0.25, 0.3) is 5.91 Å². The van der Waals surface area contributed by atoms with Crippen molar-refractivity contribution < 1.29 is 37.2 Å². The van der Waals surface area contributed by atoms with Crippen LogP contribution < -0.4 is 10.1 Å². The number of esters is 1. The van der Waals surface area contributed by atoms with Crippen molar-refractivity contribution in [3.05, 3.63) is 58.3 Å². The number of para-hydroxylation sites is 2. The fourth-order valence-corrected chi connectivity index (χ4v) is 1.95. The fraction of sp³-hybridized carbons (Fsp3) is 0.176. The molecular formula is C17H14F2N2O7. The number of nitrogens with zero attached hydrogens (tertiary/aromatic N) is 1. The maximum atomic E-state index is 12.4. The highest BCUT2D eigenvalue weighted by molar-refractivity contribution is 5.97. The lowest BCUT2D eigenvalue weighted by Crippen LogP contribution is -2.29. The molecule has 1 atom stereocenters. The number of anilines is 1. The molecular weight excluding hydrogens is 382 g/mol. The lowest BCUT2D eigenvalue weighted by Gasteiger charge is -2.15. The number of nitro groups is 1. The van der Waals surface area contributed by atoms with Gasteiger partial charge in [0.1, 0.15) is 16.4 Å². The number of alkyl halides is 2. The van der Waals surface area contributed by atoms with Crippen molar-refractivity contribution in [3.63, 3.8) is 0 Å². The van der Waals surface area contributed by atoms with E-state index in [9.17, 15) is 28.5 Å². The van der Waals surface area contributed by atoms with Crippen LogP contribution in [0.25, 0.3) is 6.08 Å². The summed E-state index contributed by atoms with van der Waals surface area (Å²) in [5.74, 6) is -2.40. The molecule has 1 heterocycles. The van der Waals surface area contributed by atoms with Crippen LogP contribution in [-0.4, -0.2) is 29.5 Å². The highest BCUT2D eigenvalue weighted by Crippen LogP contribution is 2.25. The molecule has 2 aromatic rings. The van der Waals surface area contributed by atoms with E-state index in [1.807, 2.05) is 0 Å². The monoisotopic (exact) mass is 396 g/mol. The Labute approximate surface area is 156 Å². The van der Waals surface area contributed by atoms with E-state index in [2.05, 4.69) is 10.1 Å². The Morgan fingerprint density at radius 3 is 2.61 bits per heavy atom. The number of carbonyl (C=O) groups excluding carboxylic acids is 2. The van der Waals surface area contributed by atoms with Gasteiger partial charge >= 0.3 is 18.5 Å². The van der Waals surface area contributed by atoms with Crippen LogP contribution >= 0.6 is 0 Å². The third kappa shape index (κ3) is 5.90. The molecule has 28 heavy (non-hydrogen) atoms. The van der Waals surface area contributed by atoms with Gasteiger partial charge in [0.15, 0.2) is 6.10 Å². The molecule has 2 rings (SSSR count). The van der Waals surface area contributed by atoms with Crippen LogP contribution in [0.5, 0.6) is 5.75 Å². The second-order valence-electron chi connectivity index (χ2n) is 5.21. The zero-order valence-corrected chi connectivity index (χ0v) is 14.3. The van der Waals surface area contributed by atoms with Gasteiger partial charge in [-0.3, -0.25) is 14.9 Å². The molecule has 0 bridgehead atoms. The van der Waals surface area contributed by atoms with Gasteiger partial charge in [-0.15, -0.1) is 0 Å². The second-order valence-corrected chi connectivity index (χ2v) is 5.21. The van der Waals surface area contributed by atoms with Crippen molar-refractivity contribution in [3.8, 4) is 5.75 Å². The first-order valence-electron chi connectivity index (χ1n) is 7.74. The Bertz CT molecular complexity index is 895. The van der Waals surface area contributed by atoms with Gasteiger partial charge in [-0.25, -0.2) is 4.79 Å². The molecule has 9 nitrogen and oxygen atoms in total. The number of carbonyl (C=O) groups is 2. The molecule has 0 unspecified atom stereocenters. The lowest BCUT2D eigenvalue weighted by molar-refractivity contribution is -0.402. The van der Waals surface area contributed by atoms with Crippen molar-refractivity contribution in [1.29, 1.82) is 0 Å². The zero-order chi connectivity index (χ0) is 20.7. The van der Waals surface area contributed by atoms with Crippen molar-refractivity contribution in [2.75, 3.05) is 5.32 Å². The van der Waals surface area contributed by atoms with Crippen LogP contribution in [0.15, 0.2) is 46.9 Å². The largest absolute Gasteiger partial charge is 0.449 e. The van der Waals surface area contributed by atoms with E-state index < -0.39 is 35.4 Å². The highest BCUT2D eigenvalue weighted by Gasteiger charge is 2.19. The summed E-state index contributed by atoms with van der Waals surface area (Å²) >= 11 is 0. The topological polar surface area (TPSA) is 121 Å². The normalized spacial score (nSPS) is 12.0. The van der Waals surface area contributed by atoms with Crippen LogP contribution in [0.4, 0.5) is 20.4 Å². The third-order valence-electron chi connectivity index (χ3n) is 3.20. The predicted octanol–water partition coefficient (Wildman–Crippen LogP) is 3.37. The standard InChI is InChI=1S/C17H14F2N2O7/c1-10(16(23)20-12-4-2-3-5-13(12)28-17(18)19)26-15(22)9-7-11-6-8-14(27-11)21(24)25/h2-10,17H,1H3,(H,20,23)/b9-7+/t10-/m0/s1. The average Bonchev–Trinajstić information content (AvgIpc) is 3.10. The lowest BCUT2D eigenvalue weighted by atomic mass is 10.2. The summed E-state index contributed by atoms with van der Waals surface area (Å²) in [6, 6.07) is 7.91. The summed E-state index contributed by atoms with van der Waals surface area (Å²) in [6.45, 7) is -1.80. The maximum Gasteiger partial charge on any atom is 0.433 e. The van der Waals surface area contributed by atoms with E-state index in [0.717, 1.165) is 18.2 Å². The summed E-state index contributed by atoms with van der Waals surface area (Å²) in [7, 11) is 0. The number of amides is 1. The Morgan fingerprint density at radius 2 is 1.96 bits per heavy atom. The van der Waals surface area contributed by atoms with E-state index in [1.165, 1.54) is 37.3 Å². The van der Waals surface area contributed by atoms with E-state index in [4.69, 9.17) is 9.15 Å². The van der Waals surface area contributed by atoms with E-state index in [0.29, 0.717) is 0 Å². The Kier molecular flexibility index (Phi) is 6.79. The molecule has 1 N–H and O–H groups in total. The van der Waals surface area contributed by atoms with Gasteiger partial charge in [-0.1, -0.05) is 12.1 Å².